The number of hydrogen-bond acceptors (Lipinski definition) is 6. The fourth-order valence-corrected chi connectivity index (χ4v) is 2.87. The number of benzene rings is 2. The van der Waals surface area contributed by atoms with Crippen LogP contribution in [0.25, 0.3) is 6.08 Å². The lowest BCUT2D eigenvalue weighted by Crippen LogP contribution is -2.30. The second-order valence-electron chi connectivity index (χ2n) is 6.13. The zero-order valence-electron chi connectivity index (χ0n) is 17.1. The van der Waals surface area contributed by atoms with Gasteiger partial charge in [-0.25, -0.2) is 4.79 Å². The van der Waals surface area contributed by atoms with Crippen molar-refractivity contribution in [1.29, 1.82) is 0 Å². The molecule has 0 aromatic heterocycles. The predicted molar refractivity (Wildman–Crippen MR) is 114 cm³/mol. The number of halogens is 1. The van der Waals surface area contributed by atoms with Gasteiger partial charge in [0.1, 0.15) is 5.75 Å². The van der Waals surface area contributed by atoms with Crippen LogP contribution in [0.3, 0.4) is 0 Å². The van der Waals surface area contributed by atoms with Gasteiger partial charge in [0.05, 0.1) is 26.4 Å². The van der Waals surface area contributed by atoms with Crippen molar-refractivity contribution in [2.75, 3.05) is 34.5 Å². The minimum absolute atomic E-state index is 0.348. The van der Waals surface area contributed by atoms with Crippen LogP contribution in [-0.2, 0) is 20.7 Å². The third-order valence-corrected chi connectivity index (χ3v) is 4.39. The number of amides is 1. The molecule has 0 unspecified atom stereocenters. The topological polar surface area (TPSA) is 83.1 Å². The quantitative estimate of drug-likeness (QED) is 0.457. The minimum atomic E-state index is -0.647. The molecule has 1 N–H and O–H groups in total. The van der Waals surface area contributed by atoms with Crippen molar-refractivity contribution in [3.8, 4) is 17.2 Å². The van der Waals surface area contributed by atoms with Gasteiger partial charge in [0.2, 0.25) is 0 Å². The summed E-state index contributed by atoms with van der Waals surface area (Å²) in [5.74, 6) is 0.600. The van der Waals surface area contributed by atoms with Crippen LogP contribution in [0.2, 0.25) is 5.02 Å². The number of methoxy groups -OCH3 is 3. The molecule has 30 heavy (non-hydrogen) atoms. The molecule has 8 heteroatoms. The normalized spacial score (nSPS) is 10.5. The van der Waals surface area contributed by atoms with Crippen molar-refractivity contribution < 1.29 is 28.5 Å². The summed E-state index contributed by atoms with van der Waals surface area (Å²) in [5, 5.41) is 3.05. The third-order valence-electron chi connectivity index (χ3n) is 4.11. The Labute approximate surface area is 180 Å². The van der Waals surface area contributed by atoms with Gasteiger partial charge in [0.15, 0.2) is 18.1 Å². The summed E-state index contributed by atoms with van der Waals surface area (Å²) >= 11 is 6.13. The number of esters is 1. The van der Waals surface area contributed by atoms with Crippen LogP contribution < -0.4 is 19.5 Å². The van der Waals surface area contributed by atoms with Crippen LogP contribution >= 0.6 is 11.6 Å². The maximum atomic E-state index is 11.8. The number of nitrogens with one attached hydrogen (secondary N) is 1. The van der Waals surface area contributed by atoms with Crippen molar-refractivity contribution in [2.45, 2.75) is 6.42 Å². The smallest absolute Gasteiger partial charge is 0.331 e. The molecule has 2 aromatic rings. The lowest BCUT2D eigenvalue weighted by Gasteiger charge is -2.10. The fraction of sp³-hybridized carbons (Fsp3) is 0.273. The number of carbonyl (C=O) groups excluding carboxylic acids is 2. The van der Waals surface area contributed by atoms with E-state index in [1.165, 1.54) is 26.4 Å². The van der Waals surface area contributed by atoms with Gasteiger partial charge in [-0.2, -0.15) is 0 Å². The Hall–Kier alpha value is -3.19. The minimum Gasteiger partial charge on any atom is -0.497 e. The molecular weight excluding hydrogens is 410 g/mol. The maximum absolute atomic E-state index is 11.8. The van der Waals surface area contributed by atoms with Gasteiger partial charge < -0.3 is 24.3 Å². The molecule has 0 heterocycles. The van der Waals surface area contributed by atoms with E-state index in [4.69, 9.17) is 30.5 Å². The highest BCUT2D eigenvalue weighted by molar-refractivity contribution is 6.32. The van der Waals surface area contributed by atoms with E-state index in [2.05, 4.69) is 5.32 Å². The second kappa shape index (κ2) is 11.7. The lowest BCUT2D eigenvalue weighted by molar-refractivity contribution is -0.143. The van der Waals surface area contributed by atoms with E-state index in [1.807, 2.05) is 24.3 Å². The molecule has 0 saturated heterocycles. The Kier molecular flexibility index (Phi) is 9.03. The number of rotatable bonds is 10. The number of hydrogen-bond donors (Lipinski definition) is 1. The molecule has 7 nitrogen and oxygen atoms in total. The monoisotopic (exact) mass is 433 g/mol. The van der Waals surface area contributed by atoms with Crippen molar-refractivity contribution in [3.05, 3.63) is 58.6 Å². The Morgan fingerprint density at radius 3 is 2.40 bits per heavy atom. The van der Waals surface area contributed by atoms with E-state index < -0.39 is 5.97 Å². The average Bonchev–Trinajstić information content (AvgIpc) is 2.76. The third kappa shape index (κ3) is 7.00. The first-order valence-corrected chi connectivity index (χ1v) is 9.50. The van der Waals surface area contributed by atoms with Gasteiger partial charge in [-0.15, -0.1) is 0 Å². The van der Waals surface area contributed by atoms with Crippen molar-refractivity contribution in [3.63, 3.8) is 0 Å². The Morgan fingerprint density at radius 1 is 1.03 bits per heavy atom. The van der Waals surface area contributed by atoms with Crippen molar-refractivity contribution in [1.82, 2.24) is 5.32 Å². The highest BCUT2D eigenvalue weighted by Crippen LogP contribution is 2.36. The van der Waals surface area contributed by atoms with Gasteiger partial charge in [0.25, 0.3) is 5.91 Å². The summed E-state index contributed by atoms with van der Waals surface area (Å²) in [6.45, 7) is 0.0706. The van der Waals surface area contributed by atoms with Gasteiger partial charge in [-0.05, 0) is 47.9 Å². The summed E-state index contributed by atoms with van der Waals surface area (Å²) in [6.07, 6.45) is 3.38. The molecule has 2 aromatic carbocycles. The SMILES string of the molecule is COc1ccc(CCNC(=O)COC(=O)/C=C/c2cc(Cl)c(OC)c(OC)c2)cc1. The molecule has 0 bridgehead atoms. The molecular formula is C22H24ClNO6. The molecule has 0 saturated carbocycles. The molecule has 0 spiro atoms. The Bertz CT molecular complexity index is 895. The van der Waals surface area contributed by atoms with Crippen LogP contribution in [0.5, 0.6) is 17.2 Å². The molecule has 0 aliphatic rings. The molecule has 0 fully saturated rings. The van der Waals surface area contributed by atoms with Crippen LogP contribution in [-0.4, -0.2) is 46.4 Å². The van der Waals surface area contributed by atoms with E-state index in [1.54, 1.807) is 19.2 Å². The predicted octanol–water partition coefficient (Wildman–Crippen LogP) is 3.28. The molecule has 160 valence electrons. The van der Waals surface area contributed by atoms with E-state index in [0.717, 1.165) is 11.3 Å². The first kappa shape index (κ1) is 23.1. The van der Waals surface area contributed by atoms with Crippen LogP contribution in [0.1, 0.15) is 11.1 Å². The molecule has 0 aliphatic heterocycles. The zero-order chi connectivity index (χ0) is 21.9. The maximum Gasteiger partial charge on any atom is 0.331 e. The molecule has 0 radical (unpaired) electrons. The second-order valence-corrected chi connectivity index (χ2v) is 6.53. The highest BCUT2D eigenvalue weighted by Gasteiger charge is 2.10. The van der Waals surface area contributed by atoms with Gasteiger partial charge in [-0.1, -0.05) is 23.7 Å². The van der Waals surface area contributed by atoms with Crippen LogP contribution in [0, 0.1) is 0 Å². The summed E-state index contributed by atoms with van der Waals surface area (Å²) in [6, 6.07) is 10.9. The van der Waals surface area contributed by atoms with Gasteiger partial charge >= 0.3 is 5.97 Å². The summed E-state index contributed by atoms with van der Waals surface area (Å²) < 4.78 is 20.4. The molecule has 0 aliphatic carbocycles. The molecule has 1 amide bonds. The Morgan fingerprint density at radius 2 is 1.77 bits per heavy atom. The van der Waals surface area contributed by atoms with Crippen LogP contribution in [0.4, 0.5) is 0 Å². The van der Waals surface area contributed by atoms with Crippen molar-refractivity contribution >= 4 is 29.6 Å². The van der Waals surface area contributed by atoms with E-state index in [9.17, 15) is 9.59 Å². The number of carbonyl (C=O) groups is 2. The van der Waals surface area contributed by atoms with Gasteiger partial charge in [0, 0.05) is 12.6 Å². The molecule has 2 rings (SSSR count). The Balaban J connectivity index is 1.76. The van der Waals surface area contributed by atoms with E-state index in [0.29, 0.717) is 35.1 Å². The van der Waals surface area contributed by atoms with E-state index in [-0.39, 0.29) is 12.5 Å². The largest absolute Gasteiger partial charge is 0.497 e. The fourth-order valence-electron chi connectivity index (χ4n) is 2.57. The summed E-state index contributed by atoms with van der Waals surface area (Å²) in [5.41, 5.74) is 1.68. The van der Waals surface area contributed by atoms with Gasteiger partial charge in [-0.3, -0.25) is 4.79 Å². The zero-order valence-corrected chi connectivity index (χ0v) is 17.8. The van der Waals surface area contributed by atoms with Crippen LogP contribution in [0.15, 0.2) is 42.5 Å². The standard InChI is InChI=1S/C22H24ClNO6/c1-27-17-7-4-15(5-8-17)10-11-24-20(25)14-30-21(26)9-6-16-12-18(23)22(29-3)19(13-16)28-2/h4-9,12-13H,10-11,14H2,1-3H3,(H,24,25)/b9-6+. The average molecular weight is 434 g/mol. The molecule has 0 atom stereocenters. The lowest BCUT2D eigenvalue weighted by atomic mass is 10.1. The summed E-state index contributed by atoms with van der Waals surface area (Å²) in [4.78, 5) is 23.7. The van der Waals surface area contributed by atoms with Crippen molar-refractivity contribution in [2.24, 2.45) is 0 Å². The summed E-state index contributed by atoms with van der Waals surface area (Å²) in [7, 11) is 4.58. The first-order valence-electron chi connectivity index (χ1n) is 9.12. The highest BCUT2D eigenvalue weighted by atomic mass is 35.5. The number of ether oxygens (including phenoxy) is 4. The van der Waals surface area contributed by atoms with E-state index >= 15 is 0 Å². The first-order chi connectivity index (χ1) is 14.5.